The van der Waals surface area contributed by atoms with Crippen molar-refractivity contribution in [3.8, 4) is 5.75 Å². The van der Waals surface area contributed by atoms with Crippen molar-refractivity contribution in [2.45, 2.75) is 26.7 Å². The molecule has 0 spiro atoms. The van der Waals surface area contributed by atoms with Crippen LogP contribution in [0.15, 0.2) is 24.3 Å². The first-order chi connectivity index (χ1) is 10.6. The number of rotatable bonds is 8. The molecule has 0 aliphatic carbocycles. The quantitative estimate of drug-likeness (QED) is 0.586. The summed E-state index contributed by atoms with van der Waals surface area (Å²) < 4.78 is 11.3. The Bertz CT molecular complexity index is 458. The van der Waals surface area contributed by atoms with E-state index in [4.69, 9.17) is 9.47 Å². The monoisotopic (exact) mass is 306 g/mol. The number of Topliss-reactive ketones (excluding diaryl/α,β-unsaturated/α-hetero) is 1. The molecule has 0 bridgehead atoms. The number of ketones is 1. The zero-order valence-electron chi connectivity index (χ0n) is 13.8. The van der Waals surface area contributed by atoms with Crippen LogP contribution in [-0.2, 0) is 4.74 Å². The van der Waals surface area contributed by atoms with Crippen LogP contribution in [0.25, 0.3) is 0 Å². The van der Waals surface area contributed by atoms with Crippen molar-refractivity contribution in [1.82, 2.24) is 0 Å². The molecule has 1 fully saturated rings. The maximum atomic E-state index is 11.2. The molecular weight excluding hydrogens is 278 g/mol. The van der Waals surface area contributed by atoms with E-state index in [0.717, 1.165) is 24.8 Å². The number of benzene rings is 1. The van der Waals surface area contributed by atoms with Crippen molar-refractivity contribution in [3.63, 3.8) is 0 Å². The van der Waals surface area contributed by atoms with Gasteiger partial charge < -0.3 is 14.4 Å². The average Bonchev–Trinajstić information content (AvgIpc) is 2.51. The molecule has 1 aliphatic heterocycles. The molecule has 22 heavy (non-hydrogen) atoms. The highest BCUT2D eigenvalue weighted by Crippen LogP contribution is 2.12. The zero-order chi connectivity index (χ0) is 15.8. The minimum atomic E-state index is 0.0735. The Morgan fingerprint density at radius 1 is 1.23 bits per heavy atom. The minimum Gasteiger partial charge on any atom is -0.491 e. The lowest BCUT2D eigenvalue weighted by Gasteiger charge is -2.27. The molecule has 0 amide bonds. The van der Waals surface area contributed by atoms with Crippen molar-refractivity contribution in [2.24, 2.45) is 5.92 Å². The van der Waals surface area contributed by atoms with Gasteiger partial charge in [0, 0.05) is 11.5 Å². The van der Waals surface area contributed by atoms with Gasteiger partial charge in [0.1, 0.15) is 18.9 Å². The first kappa shape index (κ1) is 17.0. The van der Waals surface area contributed by atoms with Crippen molar-refractivity contribution in [3.05, 3.63) is 29.8 Å². The summed E-state index contributed by atoms with van der Waals surface area (Å²) in [6, 6.07) is 7.24. The summed E-state index contributed by atoms with van der Waals surface area (Å²) >= 11 is 0. The summed E-state index contributed by atoms with van der Waals surface area (Å²) in [5.41, 5.74) is 0.710. The van der Waals surface area contributed by atoms with E-state index >= 15 is 0 Å². The van der Waals surface area contributed by atoms with Crippen LogP contribution >= 0.6 is 0 Å². The van der Waals surface area contributed by atoms with Crippen molar-refractivity contribution >= 4 is 5.78 Å². The lowest BCUT2D eigenvalue weighted by molar-refractivity contribution is -0.908. The summed E-state index contributed by atoms with van der Waals surface area (Å²) in [5, 5.41) is 0. The number of nitrogens with one attached hydrogen (secondary N) is 1. The Hall–Kier alpha value is -1.39. The van der Waals surface area contributed by atoms with Gasteiger partial charge in [-0.2, -0.15) is 0 Å². The minimum absolute atomic E-state index is 0.0735. The fraction of sp³-hybridized carbons (Fsp3) is 0.611. The predicted octanol–water partition coefficient (Wildman–Crippen LogP) is 1.60. The summed E-state index contributed by atoms with van der Waals surface area (Å²) in [5.74, 6) is 1.71. The molecule has 1 heterocycles. The number of hydrogen-bond donors (Lipinski definition) is 1. The predicted molar refractivity (Wildman–Crippen MR) is 86.7 cm³/mol. The molecule has 0 radical (unpaired) electrons. The second-order valence-electron chi connectivity index (χ2n) is 6.24. The molecule has 1 unspecified atom stereocenters. The smallest absolute Gasteiger partial charge is 0.159 e. The Morgan fingerprint density at radius 3 is 2.68 bits per heavy atom. The van der Waals surface area contributed by atoms with Crippen LogP contribution in [0.1, 0.15) is 37.0 Å². The number of carbonyl (C=O) groups excluding carboxylic acids is 1. The molecule has 1 saturated heterocycles. The van der Waals surface area contributed by atoms with Gasteiger partial charge in [0.25, 0.3) is 0 Å². The third kappa shape index (κ3) is 5.78. The third-order valence-corrected chi connectivity index (χ3v) is 4.22. The summed E-state index contributed by atoms with van der Waals surface area (Å²) in [4.78, 5) is 12.8. The number of likely N-dealkylation sites (tertiary alicyclic amines) is 1. The van der Waals surface area contributed by atoms with E-state index < -0.39 is 0 Å². The topological polar surface area (TPSA) is 40.0 Å². The van der Waals surface area contributed by atoms with Crippen LogP contribution in [0.3, 0.4) is 0 Å². The highest BCUT2D eigenvalue weighted by molar-refractivity contribution is 5.94. The fourth-order valence-electron chi connectivity index (χ4n) is 2.95. The van der Waals surface area contributed by atoms with E-state index in [1.807, 2.05) is 12.1 Å². The van der Waals surface area contributed by atoms with Crippen LogP contribution in [-0.4, -0.2) is 45.2 Å². The molecule has 4 heteroatoms. The normalized spacial score (nSPS) is 21.5. The largest absolute Gasteiger partial charge is 0.491 e. The molecule has 1 N–H and O–H groups in total. The molecule has 1 aliphatic rings. The van der Waals surface area contributed by atoms with Gasteiger partial charge in [-0.15, -0.1) is 0 Å². The molecule has 2 atom stereocenters. The molecule has 1 aromatic carbocycles. The number of quaternary nitrogens is 1. The van der Waals surface area contributed by atoms with E-state index in [2.05, 4.69) is 6.92 Å². The number of hydrogen-bond acceptors (Lipinski definition) is 3. The zero-order valence-corrected chi connectivity index (χ0v) is 13.8. The number of piperidine rings is 1. The van der Waals surface area contributed by atoms with Gasteiger partial charge in [0.2, 0.25) is 0 Å². The standard InChI is InChI=1S/C18H27NO3/c1-15-4-3-9-19(14-15)10-11-21-12-13-22-18-7-5-17(6-8-18)16(2)20/h5-8,15H,3-4,9-14H2,1-2H3/p+1/t15-/m0/s1. The van der Waals surface area contributed by atoms with Gasteiger partial charge in [-0.25, -0.2) is 0 Å². The van der Waals surface area contributed by atoms with Gasteiger partial charge in [-0.05, 0) is 44.0 Å². The number of carbonyl (C=O) groups is 1. The molecule has 0 aromatic heterocycles. The first-order valence-electron chi connectivity index (χ1n) is 8.30. The van der Waals surface area contributed by atoms with E-state index in [1.165, 1.54) is 25.9 Å². The van der Waals surface area contributed by atoms with Crippen LogP contribution in [0.5, 0.6) is 5.75 Å². The maximum absolute atomic E-state index is 11.2. The van der Waals surface area contributed by atoms with Crippen LogP contribution in [0.2, 0.25) is 0 Å². The molecule has 122 valence electrons. The Labute approximate surface area is 133 Å². The van der Waals surface area contributed by atoms with Crippen LogP contribution < -0.4 is 9.64 Å². The summed E-state index contributed by atoms with van der Waals surface area (Å²) in [7, 11) is 0. The third-order valence-electron chi connectivity index (χ3n) is 4.22. The Morgan fingerprint density at radius 2 is 2.00 bits per heavy atom. The fourth-order valence-corrected chi connectivity index (χ4v) is 2.95. The highest BCUT2D eigenvalue weighted by Gasteiger charge is 2.18. The maximum Gasteiger partial charge on any atom is 0.159 e. The van der Waals surface area contributed by atoms with Gasteiger partial charge in [-0.3, -0.25) is 4.79 Å². The summed E-state index contributed by atoms with van der Waals surface area (Å²) in [6.45, 7) is 9.52. The van der Waals surface area contributed by atoms with E-state index in [1.54, 1.807) is 24.0 Å². The van der Waals surface area contributed by atoms with Gasteiger partial charge in [0.05, 0.1) is 26.3 Å². The Balaban J connectivity index is 1.54. The lowest BCUT2D eigenvalue weighted by atomic mass is 10.0. The summed E-state index contributed by atoms with van der Waals surface area (Å²) in [6.07, 6.45) is 2.72. The second kappa shape index (κ2) is 8.91. The second-order valence-corrected chi connectivity index (χ2v) is 6.24. The molecular formula is C18H28NO3+. The van der Waals surface area contributed by atoms with Crippen molar-refractivity contribution in [1.29, 1.82) is 0 Å². The van der Waals surface area contributed by atoms with Gasteiger partial charge in [0.15, 0.2) is 5.78 Å². The van der Waals surface area contributed by atoms with E-state index in [9.17, 15) is 4.79 Å². The van der Waals surface area contributed by atoms with E-state index in [-0.39, 0.29) is 5.78 Å². The van der Waals surface area contributed by atoms with Crippen molar-refractivity contribution in [2.75, 3.05) is 39.5 Å². The Kier molecular flexibility index (Phi) is 6.87. The van der Waals surface area contributed by atoms with Crippen LogP contribution in [0.4, 0.5) is 0 Å². The molecule has 4 nitrogen and oxygen atoms in total. The lowest BCUT2D eigenvalue weighted by Crippen LogP contribution is -3.14. The van der Waals surface area contributed by atoms with Crippen LogP contribution in [0, 0.1) is 5.92 Å². The van der Waals surface area contributed by atoms with Crippen molar-refractivity contribution < 1.29 is 19.2 Å². The molecule has 1 aromatic rings. The van der Waals surface area contributed by atoms with Gasteiger partial charge in [-0.1, -0.05) is 6.92 Å². The van der Waals surface area contributed by atoms with E-state index in [0.29, 0.717) is 18.8 Å². The number of ether oxygens (including phenoxy) is 2. The molecule has 2 rings (SSSR count). The average molecular weight is 306 g/mol. The molecule has 0 saturated carbocycles. The van der Waals surface area contributed by atoms with Gasteiger partial charge >= 0.3 is 0 Å². The highest BCUT2D eigenvalue weighted by atomic mass is 16.5. The SMILES string of the molecule is CC(=O)c1ccc(OCCOCC[NH+]2CCC[C@H](C)C2)cc1. The first-order valence-corrected chi connectivity index (χ1v) is 8.30.